The van der Waals surface area contributed by atoms with Gasteiger partial charge in [0.05, 0.1) is 23.3 Å². The summed E-state index contributed by atoms with van der Waals surface area (Å²) in [5.41, 5.74) is 3.14. The highest BCUT2D eigenvalue weighted by atomic mass is 35.5. The lowest BCUT2D eigenvalue weighted by atomic mass is 10.1. The molecule has 0 bridgehead atoms. The van der Waals surface area contributed by atoms with Gasteiger partial charge in [0.1, 0.15) is 11.5 Å². The van der Waals surface area contributed by atoms with Crippen molar-refractivity contribution in [3.63, 3.8) is 0 Å². The fourth-order valence-electron chi connectivity index (χ4n) is 2.32. The molecular formula is C23H33Cl3O2. The third-order valence-corrected chi connectivity index (χ3v) is 4.86. The fraction of sp³-hybridized carbons (Fsp3) is 0.478. The highest BCUT2D eigenvalue weighted by Crippen LogP contribution is 2.30. The van der Waals surface area contributed by atoms with Crippen molar-refractivity contribution in [2.75, 3.05) is 13.2 Å². The maximum atomic E-state index is 6.13. The highest BCUT2D eigenvalue weighted by Gasteiger charge is 2.06. The normalized spacial score (nSPS) is 9.64. The molecule has 0 aliphatic carbocycles. The first kappa shape index (κ1) is 26.9. The Bertz CT molecular complexity index is 654. The van der Waals surface area contributed by atoms with Gasteiger partial charge in [-0.25, -0.2) is 0 Å². The fourth-order valence-corrected chi connectivity index (χ4v) is 2.84. The molecule has 0 aromatic heterocycles. The minimum absolute atomic E-state index is 0.507. The second-order valence-corrected chi connectivity index (χ2v) is 7.02. The van der Waals surface area contributed by atoms with Crippen molar-refractivity contribution >= 4 is 34.8 Å². The van der Waals surface area contributed by atoms with Gasteiger partial charge >= 0.3 is 0 Å². The van der Waals surface area contributed by atoms with Gasteiger partial charge in [-0.3, -0.25) is 0 Å². The number of ether oxygens (including phenoxy) is 2. The van der Waals surface area contributed by atoms with Gasteiger partial charge in [-0.1, -0.05) is 68.6 Å². The Morgan fingerprint density at radius 3 is 1.46 bits per heavy atom. The lowest BCUT2D eigenvalue weighted by molar-refractivity contribution is 0.265. The van der Waals surface area contributed by atoms with E-state index in [1.807, 2.05) is 66.7 Å². The molecule has 158 valence electrons. The lowest BCUT2D eigenvalue weighted by Gasteiger charge is -2.12. The lowest BCUT2D eigenvalue weighted by Crippen LogP contribution is -2.04. The molecule has 2 aromatic rings. The van der Waals surface area contributed by atoms with Gasteiger partial charge in [0, 0.05) is 11.1 Å². The molecule has 0 fully saturated rings. The Morgan fingerprint density at radius 2 is 0.964 bits per heavy atom. The first-order valence-corrected chi connectivity index (χ1v) is 11.0. The zero-order valence-corrected chi connectivity index (χ0v) is 20.4. The average Bonchev–Trinajstić information content (AvgIpc) is 2.69. The Kier molecular flexibility index (Phi) is 14.3. The molecule has 2 rings (SSSR count). The molecule has 0 spiro atoms. The number of halogens is 3. The van der Waals surface area contributed by atoms with Crippen molar-refractivity contribution in [3.8, 4) is 11.5 Å². The number of aryl methyl sites for hydroxylation is 3. The Morgan fingerprint density at radius 1 is 0.571 bits per heavy atom. The van der Waals surface area contributed by atoms with Gasteiger partial charge in [0.15, 0.2) is 0 Å². The van der Waals surface area contributed by atoms with Crippen LogP contribution >= 0.6 is 34.8 Å². The van der Waals surface area contributed by atoms with E-state index in [0.717, 1.165) is 46.1 Å². The summed E-state index contributed by atoms with van der Waals surface area (Å²) in [5.74, 6) is 1.61. The molecule has 5 heteroatoms. The number of rotatable bonds is 7. The van der Waals surface area contributed by atoms with E-state index in [0.29, 0.717) is 23.3 Å². The molecule has 0 heterocycles. The molecule has 0 N–H and O–H groups in total. The van der Waals surface area contributed by atoms with Gasteiger partial charge in [0.25, 0.3) is 0 Å². The third-order valence-electron chi connectivity index (χ3n) is 3.73. The van der Waals surface area contributed by atoms with E-state index >= 15 is 0 Å². The summed E-state index contributed by atoms with van der Waals surface area (Å²) in [6, 6.07) is 7.48. The van der Waals surface area contributed by atoms with Gasteiger partial charge in [-0.15, -0.1) is 0 Å². The zero-order valence-electron chi connectivity index (χ0n) is 18.1. The van der Waals surface area contributed by atoms with Crippen molar-refractivity contribution in [1.29, 1.82) is 0 Å². The smallest absolute Gasteiger partial charge is 0.123 e. The molecule has 0 saturated carbocycles. The number of unbranched alkanes of at least 4 members (excludes halogenated alkanes) is 1. The molecule has 0 radical (unpaired) electrons. The van der Waals surface area contributed by atoms with Crippen LogP contribution in [-0.4, -0.2) is 13.2 Å². The van der Waals surface area contributed by atoms with E-state index in [-0.39, 0.29) is 0 Å². The quantitative estimate of drug-likeness (QED) is 0.394. The number of benzene rings is 2. The minimum Gasteiger partial charge on any atom is -0.493 e. The van der Waals surface area contributed by atoms with Crippen LogP contribution in [0.25, 0.3) is 0 Å². The van der Waals surface area contributed by atoms with Crippen LogP contribution < -0.4 is 9.47 Å². The molecule has 0 aliphatic rings. The van der Waals surface area contributed by atoms with E-state index in [9.17, 15) is 0 Å². The van der Waals surface area contributed by atoms with Crippen molar-refractivity contribution in [1.82, 2.24) is 0 Å². The van der Waals surface area contributed by atoms with Gasteiger partial charge in [0.2, 0.25) is 0 Å². The van der Waals surface area contributed by atoms with Crippen LogP contribution in [0.5, 0.6) is 11.5 Å². The molecule has 0 atom stereocenters. The van der Waals surface area contributed by atoms with Crippen LogP contribution in [0, 0.1) is 20.8 Å². The van der Waals surface area contributed by atoms with E-state index in [2.05, 4.69) is 0 Å². The Balaban J connectivity index is 0.00000171. The van der Waals surface area contributed by atoms with Crippen molar-refractivity contribution in [2.45, 2.75) is 61.3 Å². The minimum atomic E-state index is 0.507. The highest BCUT2D eigenvalue weighted by molar-refractivity contribution is 6.42. The molecule has 0 amide bonds. The van der Waals surface area contributed by atoms with E-state index < -0.39 is 0 Å². The van der Waals surface area contributed by atoms with Crippen molar-refractivity contribution < 1.29 is 9.47 Å². The summed E-state index contributed by atoms with van der Waals surface area (Å²) in [5, 5.41) is 1.78. The standard InChI is InChI=1S/C19H21Cl3O2.2C2H6/c1-12-8-13(2)18(10-15(12)20)23-6-4-5-7-24-19-11-17(22)16(21)9-14(19)3;2*1-2/h8-11H,4-7H2,1-3H3;2*1-2H3. The molecule has 0 unspecified atom stereocenters. The molecule has 2 nitrogen and oxygen atoms in total. The van der Waals surface area contributed by atoms with Crippen LogP contribution in [0.15, 0.2) is 24.3 Å². The SMILES string of the molecule is CC.CC.Cc1cc(C)c(OCCCCOc2cc(Cl)c(Cl)cc2C)cc1Cl. The van der Waals surface area contributed by atoms with Gasteiger partial charge < -0.3 is 9.47 Å². The topological polar surface area (TPSA) is 18.5 Å². The predicted octanol–water partition coefficient (Wildman–Crippen LogP) is 8.86. The van der Waals surface area contributed by atoms with E-state index in [1.165, 1.54) is 0 Å². The summed E-state index contributed by atoms with van der Waals surface area (Å²) < 4.78 is 11.6. The first-order chi connectivity index (χ1) is 13.4. The van der Waals surface area contributed by atoms with Gasteiger partial charge in [-0.2, -0.15) is 0 Å². The average molecular weight is 448 g/mol. The van der Waals surface area contributed by atoms with E-state index in [1.54, 1.807) is 6.07 Å². The molecule has 0 aliphatic heterocycles. The number of hydrogen-bond donors (Lipinski definition) is 0. The second-order valence-electron chi connectivity index (χ2n) is 5.80. The summed E-state index contributed by atoms with van der Waals surface area (Å²) in [6.45, 7) is 15.2. The van der Waals surface area contributed by atoms with Crippen LogP contribution in [0.1, 0.15) is 57.2 Å². The van der Waals surface area contributed by atoms with Gasteiger partial charge in [-0.05, 0) is 62.4 Å². The summed E-state index contributed by atoms with van der Waals surface area (Å²) in [4.78, 5) is 0. The van der Waals surface area contributed by atoms with Crippen molar-refractivity contribution in [2.24, 2.45) is 0 Å². The predicted molar refractivity (Wildman–Crippen MR) is 125 cm³/mol. The zero-order chi connectivity index (χ0) is 21.7. The van der Waals surface area contributed by atoms with Crippen LogP contribution in [0.3, 0.4) is 0 Å². The summed E-state index contributed by atoms with van der Waals surface area (Å²) in [6.07, 6.45) is 1.78. The first-order valence-electron chi connectivity index (χ1n) is 9.86. The number of hydrogen-bond acceptors (Lipinski definition) is 2. The van der Waals surface area contributed by atoms with E-state index in [4.69, 9.17) is 44.3 Å². The monoisotopic (exact) mass is 446 g/mol. The van der Waals surface area contributed by atoms with Crippen LogP contribution in [-0.2, 0) is 0 Å². The Labute approximate surface area is 186 Å². The molecule has 28 heavy (non-hydrogen) atoms. The largest absolute Gasteiger partial charge is 0.493 e. The van der Waals surface area contributed by atoms with Crippen molar-refractivity contribution in [3.05, 3.63) is 56.0 Å². The molecular weight excluding hydrogens is 415 g/mol. The maximum Gasteiger partial charge on any atom is 0.123 e. The summed E-state index contributed by atoms with van der Waals surface area (Å²) >= 11 is 18.1. The molecule has 2 aromatic carbocycles. The summed E-state index contributed by atoms with van der Waals surface area (Å²) in [7, 11) is 0. The van der Waals surface area contributed by atoms with Crippen LogP contribution in [0.4, 0.5) is 0 Å². The third kappa shape index (κ3) is 8.94. The van der Waals surface area contributed by atoms with Crippen LogP contribution in [0.2, 0.25) is 15.1 Å². The Hall–Kier alpha value is -1.09. The second kappa shape index (κ2) is 14.8. The molecule has 0 saturated heterocycles. The maximum absolute atomic E-state index is 6.13.